The fraction of sp³-hybridized carbons (Fsp3) is 0.462. The fourth-order valence-electron chi connectivity index (χ4n) is 1.44. The highest BCUT2D eigenvalue weighted by atomic mass is 127. The van der Waals surface area contributed by atoms with Crippen LogP contribution in [0.25, 0.3) is 0 Å². The Bertz CT molecular complexity index is 423. The molecular formula is C13H17BrINO2. The quantitative estimate of drug-likeness (QED) is 0.577. The number of alkyl halides is 1. The molecule has 0 saturated heterocycles. The molecule has 1 rings (SSSR count). The maximum absolute atomic E-state index is 12.1. The first-order chi connectivity index (χ1) is 8.49. The molecule has 0 bridgehead atoms. The smallest absolute Gasteiger partial charge is 0.251 e. The zero-order valence-corrected chi connectivity index (χ0v) is 14.4. The van der Waals surface area contributed by atoms with Crippen molar-refractivity contribution < 1.29 is 9.53 Å². The summed E-state index contributed by atoms with van der Waals surface area (Å²) in [5.74, 6) is 1.10. The molecular weight excluding hydrogens is 409 g/mol. The lowest BCUT2D eigenvalue weighted by molar-refractivity contribution is 0.0932. The molecule has 1 aromatic rings. The Morgan fingerprint density at radius 1 is 1.50 bits per heavy atom. The highest BCUT2D eigenvalue weighted by molar-refractivity contribution is 14.1. The molecule has 100 valence electrons. The SMILES string of the molecule is COc1ccc(C(=O)NC(CI)C(C)C)cc1Br. The van der Waals surface area contributed by atoms with E-state index >= 15 is 0 Å². The Labute approximate surface area is 130 Å². The van der Waals surface area contributed by atoms with E-state index in [1.165, 1.54) is 0 Å². The van der Waals surface area contributed by atoms with Gasteiger partial charge in [-0.2, -0.15) is 0 Å². The van der Waals surface area contributed by atoms with E-state index in [0.29, 0.717) is 11.5 Å². The van der Waals surface area contributed by atoms with Crippen LogP contribution in [0.5, 0.6) is 5.75 Å². The van der Waals surface area contributed by atoms with Crippen LogP contribution < -0.4 is 10.1 Å². The van der Waals surface area contributed by atoms with Gasteiger partial charge in [0.2, 0.25) is 0 Å². The lowest BCUT2D eigenvalue weighted by Gasteiger charge is -2.20. The standard InChI is InChI=1S/C13H17BrINO2/c1-8(2)11(7-15)16-13(17)9-4-5-12(18-3)10(14)6-9/h4-6,8,11H,7H2,1-3H3,(H,16,17). The van der Waals surface area contributed by atoms with Crippen molar-refractivity contribution in [2.24, 2.45) is 5.92 Å². The van der Waals surface area contributed by atoms with Crippen LogP contribution in [-0.2, 0) is 0 Å². The first kappa shape index (κ1) is 15.8. The van der Waals surface area contributed by atoms with E-state index in [0.717, 1.165) is 14.6 Å². The van der Waals surface area contributed by atoms with Gasteiger partial charge < -0.3 is 10.1 Å². The fourth-order valence-corrected chi connectivity index (χ4v) is 3.22. The number of hydrogen-bond donors (Lipinski definition) is 1. The average molecular weight is 426 g/mol. The third-order valence-corrected chi connectivity index (χ3v) is 4.27. The van der Waals surface area contributed by atoms with Crippen LogP contribution >= 0.6 is 38.5 Å². The van der Waals surface area contributed by atoms with E-state index in [1.54, 1.807) is 25.3 Å². The predicted molar refractivity (Wildman–Crippen MR) is 85.7 cm³/mol. The Balaban J connectivity index is 2.81. The van der Waals surface area contributed by atoms with Gasteiger partial charge in [-0.05, 0) is 40.0 Å². The average Bonchev–Trinajstić information content (AvgIpc) is 2.35. The number of methoxy groups -OCH3 is 1. The molecule has 18 heavy (non-hydrogen) atoms. The molecule has 0 spiro atoms. The van der Waals surface area contributed by atoms with Crippen LogP contribution in [0.1, 0.15) is 24.2 Å². The van der Waals surface area contributed by atoms with Crippen LogP contribution in [0.2, 0.25) is 0 Å². The highest BCUT2D eigenvalue weighted by Crippen LogP contribution is 2.25. The molecule has 0 heterocycles. The molecule has 0 saturated carbocycles. The van der Waals surface area contributed by atoms with Gasteiger partial charge in [-0.15, -0.1) is 0 Å². The summed E-state index contributed by atoms with van der Waals surface area (Å²) in [5.41, 5.74) is 0.637. The van der Waals surface area contributed by atoms with Gasteiger partial charge >= 0.3 is 0 Å². The topological polar surface area (TPSA) is 38.3 Å². The van der Waals surface area contributed by atoms with Crippen molar-refractivity contribution in [2.45, 2.75) is 19.9 Å². The Morgan fingerprint density at radius 2 is 2.17 bits per heavy atom. The normalized spacial score (nSPS) is 12.3. The number of amides is 1. The predicted octanol–water partition coefficient (Wildman–Crippen LogP) is 3.65. The Kier molecular flexibility index (Phi) is 6.42. The van der Waals surface area contributed by atoms with E-state index in [2.05, 4.69) is 57.7 Å². The van der Waals surface area contributed by atoms with Crippen molar-refractivity contribution in [3.8, 4) is 5.75 Å². The molecule has 1 amide bonds. The zero-order chi connectivity index (χ0) is 13.7. The second-order valence-corrected chi connectivity index (χ2v) is 6.06. The van der Waals surface area contributed by atoms with Gasteiger partial charge in [-0.1, -0.05) is 36.4 Å². The number of ether oxygens (including phenoxy) is 1. The summed E-state index contributed by atoms with van der Waals surface area (Å²) in [5, 5.41) is 3.04. The second kappa shape index (κ2) is 7.33. The van der Waals surface area contributed by atoms with Crippen molar-refractivity contribution in [3.63, 3.8) is 0 Å². The van der Waals surface area contributed by atoms with Crippen LogP contribution in [0.15, 0.2) is 22.7 Å². The summed E-state index contributed by atoms with van der Waals surface area (Å²) < 4.78 is 6.83. The summed E-state index contributed by atoms with van der Waals surface area (Å²) in [4.78, 5) is 12.1. The van der Waals surface area contributed by atoms with Crippen molar-refractivity contribution in [2.75, 3.05) is 11.5 Å². The number of hydrogen-bond acceptors (Lipinski definition) is 2. The third-order valence-electron chi connectivity index (χ3n) is 2.70. The minimum atomic E-state index is -0.0475. The second-order valence-electron chi connectivity index (χ2n) is 4.33. The van der Waals surface area contributed by atoms with Gasteiger partial charge in [0.05, 0.1) is 11.6 Å². The molecule has 3 nitrogen and oxygen atoms in total. The molecule has 1 atom stereocenters. The number of halogens is 2. The lowest BCUT2D eigenvalue weighted by atomic mass is 10.1. The van der Waals surface area contributed by atoms with Crippen molar-refractivity contribution >= 4 is 44.4 Å². The largest absolute Gasteiger partial charge is 0.496 e. The third kappa shape index (κ3) is 4.12. The van der Waals surface area contributed by atoms with E-state index < -0.39 is 0 Å². The number of nitrogens with one attached hydrogen (secondary N) is 1. The molecule has 0 aliphatic carbocycles. The molecule has 5 heteroatoms. The maximum Gasteiger partial charge on any atom is 0.251 e. The van der Waals surface area contributed by atoms with Gasteiger partial charge in [-0.25, -0.2) is 0 Å². The van der Waals surface area contributed by atoms with Gasteiger partial charge in [0, 0.05) is 16.0 Å². The monoisotopic (exact) mass is 425 g/mol. The Morgan fingerprint density at radius 3 is 2.61 bits per heavy atom. The van der Waals surface area contributed by atoms with E-state index in [4.69, 9.17) is 4.74 Å². The molecule has 1 unspecified atom stereocenters. The highest BCUT2D eigenvalue weighted by Gasteiger charge is 2.16. The molecule has 0 aromatic heterocycles. The summed E-state index contributed by atoms with van der Waals surface area (Å²) in [7, 11) is 1.60. The summed E-state index contributed by atoms with van der Waals surface area (Å²) in [6.45, 7) is 4.21. The van der Waals surface area contributed by atoms with Crippen LogP contribution in [0.3, 0.4) is 0 Å². The molecule has 1 aromatic carbocycles. The molecule has 1 N–H and O–H groups in total. The van der Waals surface area contributed by atoms with E-state index in [1.807, 2.05) is 0 Å². The van der Waals surface area contributed by atoms with Gasteiger partial charge in [0.15, 0.2) is 0 Å². The maximum atomic E-state index is 12.1. The molecule has 0 aliphatic heterocycles. The minimum absolute atomic E-state index is 0.0475. The first-order valence-corrected chi connectivity index (χ1v) is 8.01. The molecule has 0 aliphatic rings. The number of carbonyl (C=O) groups excluding carboxylic acids is 1. The first-order valence-electron chi connectivity index (χ1n) is 5.70. The summed E-state index contributed by atoms with van der Waals surface area (Å²) in [6, 6.07) is 5.52. The van der Waals surface area contributed by atoms with Crippen molar-refractivity contribution in [1.29, 1.82) is 0 Å². The van der Waals surface area contributed by atoms with Gasteiger partial charge in [0.25, 0.3) is 5.91 Å². The number of rotatable bonds is 5. The Hall–Kier alpha value is -0.300. The van der Waals surface area contributed by atoms with E-state index in [9.17, 15) is 4.79 Å². The molecule has 0 fully saturated rings. The van der Waals surface area contributed by atoms with Crippen LogP contribution in [0.4, 0.5) is 0 Å². The van der Waals surface area contributed by atoms with Gasteiger partial charge in [-0.3, -0.25) is 4.79 Å². The van der Waals surface area contributed by atoms with Gasteiger partial charge in [0.1, 0.15) is 5.75 Å². The van der Waals surface area contributed by atoms with Crippen LogP contribution in [0, 0.1) is 5.92 Å². The van der Waals surface area contributed by atoms with Crippen molar-refractivity contribution in [3.05, 3.63) is 28.2 Å². The van der Waals surface area contributed by atoms with Crippen LogP contribution in [-0.4, -0.2) is 23.5 Å². The zero-order valence-electron chi connectivity index (χ0n) is 10.7. The molecule has 0 radical (unpaired) electrons. The minimum Gasteiger partial charge on any atom is -0.496 e. The van der Waals surface area contributed by atoms with E-state index in [-0.39, 0.29) is 11.9 Å². The van der Waals surface area contributed by atoms with Crippen molar-refractivity contribution in [1.82, 2.24) is 5.32 Å². The number of benzene rings is 1. The lowest BCUT2D eigenvalue weighted by Crippen LogP contribution is -2.39. The number of carbonyl (C=O) groups is 1. The summed E-state index contributed by atoms with van der Waals surface area (Å²) in [6.07, 6.45) is 0. The summed E-state index contributed by atoms with van der Waals surface area (Å²) >= 11 is 5.67.